The highest BCUT2D eigenvalue weighted by atomic mass is 15.2. The SMILES string of the molecule is C=CCNc1cc(N(C)CCCC)ncn1. The van der Waals surface area contributed by atoms with Crippen molar-refractivity contribution in [2.75, 3.05) is 30.4 Å². The maximum Gasteiger partial charge on any atom is 0.133 e. The number of anilines is 2. The van der Waals surface area contributed by atoms with E-state index in [1.807, 2.05) is 12.1 Å². The first-order chi connectivity index (χ1) is 7.77. The highest BCUT2D eigenvalue weighted by Crippen LogP contribution is 2.12. The van der Waals surface area contributed by atoms with E-state index < -0.39 is 0 Å². The molecule has 4 nitrogen and oxygen atoms in total. The number of hydrogen-bond donors (Lipinski definition) is 1. The van der Waals surface area contributed by atoms with Gasteiger partial charge in [-0.1, -0.05) is 19.4 Å². The molecule has 0 aliphatic heterocycles. The van der Waals surface area contributed by atoms with Gasteiger partial charge < -0.3 is 10.2 Å². The summed E-state index contributed by atoms with van der Waals surface area (Å²) >= 11 is 0. The standard InChI is InChI=1S/C12H20N4/c1-4-6-8-16(3)12-9-11(13-7-5-2)14-10-15-12/h5,9-10H,2,4,6-8H2,1,3H3,(H,13,14,15). The molecule has 1 heterocycles. The van der Waals surface area contributed by atoms with Crippen molar-refractivity contribution < 1.29 is 0 Å². The van der Waals surface area contributed by atoms with E-state index in [1.165, 1.54) is 12.8 Å². The topological polar surface area (TPSA) is 41.0 Å². The minimum absolute atomic E-state index is 0.717. The molecule has 0 amide bonds. The van der Waals surface area contributed by atoms with Crippen molar-refractivity contribution in [2.24, 2.45) is 0 Å². The third kappa shape index (κ3) is 3.88. The van der Waals surface area contributed by atoms with Gasteiger partial charge in [-0.3, -0.25) is 0 Å². The molecule has 0 aliphatic carbocycles. The Labute approximate surface area is 97.4 Å². The van der Waals surface area contributed by atoms with Crippen molar-refractivity contribution in [2.45, 2.75) is 19.8 Å². The van der Waals surface area contributed by atoms with Gasteiger partial charge in [0.1, 0.15) is 18.0 Å². The average molecular weight is 220 g/mol. The molecule has 0 aliphatic rings. The molecule has 0 atom stereocenters. The normalized spacial score (nSPS) is 9.88. The Kier molecular flexibility index (Phi) is 5.32. The van der Waals surface area contributed by atoms with Crippen LogP contribution < -0.4 is 10.2 Å². The van der Waals surface area contributed by atoms with Crippen LogP contribution in [0.1, 0.15) is 19.8 Å². The van der Waals surface area contributed by atoms with E-state index in [4.69, 9.17) is 0 Å². The van der Waals surface area contributed by atoms with E-state index in [2.05, 4.69) is 40.7 Å². The molecular formula is C12H20N4. The third-order valence-corrected chi connectivity index (χ3v) is 2.32. The lowest BCUT2D eigenvalue weighted by molar-refractivity contribution is 0.758. The number of nitrogens with one attached hydrogen (secondary N) is 1. The molecule has 88 valence electrons. The van der Waals surface area contributed by atoms with Gasteiger partial charge in [-0.2, -0.15) is 0 Å². The minimum atomic E-state index is 0.717. The predicted octanol–water partition coefficient (Wildman–Crippen LogP) is 2.31. The van der Waals surface area contributed by atoms with Crippen molar-refractivity contribution >= 4 is 11.6 Å². The van der Waals surface area contributed by atoms with Gasteiger partial charge in [0, 0.05) is 26.2 Å². The molecule has 0 aromatic carbocycles. The molecule has 0 saturated carbocycles. The average Bonchev–Trinajstić information content (AvgIpc) is 2.33. The summed E-state index contributed by atoms with van der Waals surface area (Å²) in [7, 11) is 2.05. The van der Waals surface area contributed by atoms with Crippen LogP contribution in [0.15, 0.2) is 25.0 Å². The largest absolute Gasteiger partial charge is 0.366 e. The van der Waals surface area contributed by atoms with E-state index in [0.29, 0.717) is 0 Å². The molecule has 0 fully saturated rings. The first-order valence-corrected chi connectivity index (χ1v) is 5.66. The van der Waals surface area contributed by atoms with Crippen molar-refractivity contribution in [3.63, 3.8) is 0 Å². The summed E-state index contributed by atoms with van der Waals surface area (Å²) in [5.74, 6) is 1.79. The van der Waals surface area contributed by atoms with Crippen LogP contribution in [-0.4, -0.2) is 30.1 Å². The second kappa shape index (κ2) is 6.82. The van der Waals surface area contributed by atoms with Crippen LogP contribution in [0.4, 0.5) is 11.6 Å². The molecule has 16 heavy (non-hydrogen) atoms. The van der Waals surface area contributed by atoms with Gasteiger partial charge in [0.25, 0.3) is 0 Å². The summed E-state index contributed by atoms with van der Waals surface area (Å²) in [4.78, 5) is 10.5. The van der Waals surface area contributed by atoms with Crippen LogP contribution in [0.5, 0.6) is 0 Å². The summed E-state index contributed by atoms with van der Waals surface area (Å²) in [6, 6.07) is 1.96. The lowest BCUT2D eigenvalue weighted by Crippen LogP contribution is -2.19. The van der Waals surface area contributed by atoms with Crippen molar-refractivity contribution in [1.82, 2.24) is 9.97 Å². The highest BCUT2D eigenvalue weighted by Gasteiger charge is 2.02. The summed E-state index contributed by atoms with van der Waals surface area (Å²) in [5, 5.41) is 3.15. The van der Waals surface area contributed by atoms with Crippen molar-refractivity contribution in [1.29, 1.82) is 0 Å². The Morgan fingerprint density at radius 2 is 2.31 bits per heavy atom. The number of aromatic nitrogens is 2. The van der Waals surface area contributed by atoms with Crippen molar-refractivity contribution in [3.8, 4) is 0 Å². The van der Waals surface area contributed by atoms with Crippen LogP contribution in [-0.2, 0) is 0 Å². The second-order valence-electron chi connectivity index (χ2n) is 3.71. The second-order valence-corrected chi connectivity index (χ2v) is 3.71. The maximum absolute atomic E-state index is 4.25. The molecule has 1 aromatic heterocycles. The molecule has 0 spiro atoms. The lowest BCUT2D eigenvalue weighted by Gasteiger charge is -2.17. The summed E-state index contributed by atoms with van der Waals surface area (Å²) < 4.78 is 0. The first-order valence-electron chi connectivity index (χ1n) is 5.66. The number of unbranched alkanes of at least 4 members (excludes halogenated alkanes) is 1. The highest BCUT2D eigenvalue weighted by molar-refractivity contribution is 5.48. The molecule has 0 radical (unpaired) electrons. The lowest BCUT2D eigenvalue weighted by atomic mass is 10.3. The zero-order valence-electron chi connectivity index (χ0n) is 10.1. The van der Waals surface area contributed by atoms with Gasteiger partial charge in [-0.25, -0.2) is 9.97 Å². The zero-order valence-corrected chi connectivity index (χ0v) is 10.1. The van der Waals surface area contributed by atoms with Crippen molar-refractivity contribution in [3.05, 3.63) is 25.0 Å². The van der Waals surface area contributed by atoms with Gasteiger partial charge in [0.2, 0.25) is 0 Å². The Bertz CT molecular complexity index is 325. The summed E-state index contributed by atoms with van der Waals surface area (Å²) in [5.41, 5.74) is 0. The minimum Gasteiger partial charge on any atom is -0.366 e. The van der Waals surface area contributed by atoms with Crippen LogP contribution in [0, 0.1) is 0 Å². The van der Waals surface area contributed by atoms with Gasteiger partial charge in [-0.15, -0.1) is 6.58 Å². The fourth-order valence-corrected chi connectivity index (χ4v) is 1.34. The van der Waals surface area contributed by atoms with Gasteiger partial charge in [0.05, 0.1) is 0 Å². The van der Waals surface area contributed by atoms with Gasteiger partial charge in [-0.05, 0) is 6.42 Å². The third-order valence-electron chi connectivity index (χ3n) is 2.32. The van der Waals surface area contributed by atoms with E-state index in [0.717, 1.165) is 24.7 Å². The molecule has 0 saturated heterocycles. The Morgan fingerprint density at radius 1 is 1.50 bits per heavy atom. The first kappa shape index (κ1) is 12.5. The van der Waals surface area contributed by atoms with Gasteiger partial charge >= 0.3 is 0 Å². The zero-order chi connectivity index (χ0) is 11.8. The van der Waals surface area contributed by atoms with E-state index >= 15 is 0 Å². The van der Waals surface area contributed by atoms with E-state index in [9.17, 15) is 0 Å². The summed E-state index contributed by atoms with van der Waals surface area (Å²) in [6.45, 7) is 7.58. The number of hydrogen-bond acceptors (Lipinski definition) is 4. The van der Waals surface area contributed by atoms with Crippen LogP contribution in [0.25, 0.3) is 0 Å². The monoisotopic (exact) mass is 220 g/mol. The number of rotatable bonds is 7. The van der Waals surface area contributed by atoms with Crippen LogP contribution in [0.3, 0.4) is 0 Å². The maximum atomic E-state index is 4.25. The Balaban J connectivity index is 2.61. The molecule has 0 bridgehead atoms. The quantitative estimate of drug-likeness (QED) is 0.716. The smallest absolute Gasteiger partial charge is 0.133 e. The van der Waals surface area contributed by atoms with Gasteiger partial charge in [0.15, 0.2) is 0 Å². The number of nitrogens with zero attached hydrogens (tertiary/aromatic N) is 3. The van der Waals surface area contributed by atoms with Crippen LogP contribution in [0.2, 0.25) is 0 Å². The molecule has 1 rings (SSSR count). The molecule has 0 unspecified atom stereocenters. The fourth-order valence-electron chi connectivity index (χ4n) is 1.34. The fraction of sp³-hybridized carbons (Fsp3) is 0.500. The molecule has 1 N–H and O–H groups in total. The van der Waals surface area contributed by atoms with E-state index in [1.54, 1.807) is 6.33 Å². The van der Waals surface area contributed by atoms with Crippen LogP contribution >= 0.6 is 0 Å². The Morgan fingerprint density at radius 3 is 3.00 bits per heavy atom. The summed E-state index contributed by atoms with van der Waals surface area (Å²) in [6.07, 6.45) is 5.76. The Hall–Kier alpha value is -1.58. The molecule has 1 aromatic rings. The van der Waals surface area contributed by atoms with E-state index in [-0.39, 0.29) is 0 Å². The predicted molar refractivity (Wildman–Crippen MR) is 68.9 cm³/mol. The molecular weight excluding hydrogens is 200 g/mol. The molecule has 4 heteroatoms.